The molecule has 0 spiro atoms. The van der Waals surface area contributed by atoms with Gasteiger partial charge in [-0.3, -0.25) is 19.2 Å². The van der Waals surface area contributed by atoms with Gasteiger partial charge in [-0.05, 0) is 119 Å². The third-order valence-corrected chi connectivity index (χ3v) is 17.6. The average Bonchev–Trinajstić information content (AvgIpc) is 3.85. The minimum absolute atomic E-state index is 0.0318. The first-order chi connectivity index (χ1) is 37.0. The van der Waals surface area contributed by atoms with Gasteiger partial charge in [0.1, 0.15) is 30.1 Å². The number of nitrogens with zero attached hydrogens (tertiary/aromatic N) is 4. The molecule has 1 saturated carbocycles. The molecule has 1 amide bonds. The fourth-order valence-corrected chi connectivity index (χ4v) is 12.7. The number of rotatable bonds is 7. The number of hydrogen-bond acceptors (Lipinski definition) is 15. The van der Waals surface area contributed by atoms with E-state index in [1.54, 1.807) is 71.2 Å². The summed E-state index contributed by atoms with van der Waals surface area (Å²) in [4.78, 5) is 103. The fourth-order valence-electron chi connectivity index (χ4n) is 12.7. The van der Waals surface area contributed by atoms with E-state index in [2.05, 4.69) is 0 Å². The molecule has 19 heteroatoms. The quantitative estimate of drug-likeness (QED) is 0.175. The highest BCUT2D eigenvalue weighted by Crippen LogP contribution is 2.39. The molecule has 6 heterocycles. The van der Waals surface area contributed by atoms with Gasteiger partial charge in [0.25, 0.3) is 11.7 Å². The molecule has 1 aromatic heterocycles. The number of para-hydroxylation sites is 1. The zero-order chi connectivity index (χ0) is 56.9. The molecule has 3 N–H and O–H groups in total. The van der Waals surface area contributed by atoms with Crippen molar-refractivity contribution in [2.45, 2.75) is 192 Å². The third-order valence-electron chi connectivity index (χ3n) is 17.6. The van der Waals surface area contributed by atoms with Gasteiger partial charge in [0.2, 0.25) is 5.79 Å². The van der Waals surface area contributed by atoms with Crippen LogP contribution in [0.4, 0.5) is 0 Å². The zero-order valence-corrected chi connectivity index (χ0v) is 47.2. The van der Waals surface area contributed by atoms with Crippen LogP contribution in [0.3, 0.4) is 0 Å². The number of amides is 1. The number of benzene rings is 1. The minimum atomic E-state index is -2.55. The van der Waals surface area contributed by atoms with Crippen LogP contribution in [0.2, 0.25) is 0 Å². The number of ether oxygens (including phenoxy) is 5. The van der Waals surface area contributed by atoms with Crippen molar-refractivity contribution in [3.63, 3.8) is 0 Å². The maximum atomic E-state index is 14.6. The number of aromatic nitrogens is 3. The Kier molecular flexibility index (Phi) is 20.1. The monoisotopic (exact) mass is 1090 g/mol. The lowest BCUT2D eigenvalue weighted by Gasteiger charge is -2.42. The van der Waals surface area contributed by atoms with Crippen LogP contribution < -0.4 is 11.4 Å². The first kappa shape index (κ1) is 60.5. The SMILES string of the molecule is CO[C@H]1C[C@@H]2CC[C@@H](C)[C@@](O)(O2)C(=O)C(=O)N2CCCC[C@H]2C(=O)O[C@H]([C@@H](C)C[C@@H]2CC[C@@H](O)[C@H](OC)C2)CC(=O)[C@H](C)/C=C(/C)[C@@H](O)[C@@H](OC)C(=O)[C@H](C)C[C@H](C)C2C=CC(C=C1C)n1c(=O)n(-c3ccccc3)c(=O)n12. The molecule has 17 atom stereocenters. The topological polar surface area (TPSA) is 244 Å². The van der Waals surface area contributed by atoms with E-state index in [1.807, 2.05) is 39.0 Å². The first-order valence-corrected chi connectivity index (χ1v) is 28.1. The molecule has 430 valence electrons. The van der Waals surface area contributed by atoms with Crippen LogP contribution in [0.1, 0.15) is 138 Å². The summed E-state index contributed by atoms with van der Waals surface area (Å²) >= 11 is 0. The minimum Gasteiger partial charge on any atom is -0.460 e. The molecule has 2 unspecified atom stereocenters. The van der Waals surface area contributed by atoms with E-state index in [1.165, 1.54) is 23.6 Å². The summed E-state index contributed by atoms with van der Waals surface area (Å²) in [5.41, 5.74) is 0.138. The zero-order valence-electron chi connectivity index (χ0n) is 47.2. The van der Waals surface area contributed by atoms with Crippen LogP contribution in [-0.4, -0.2) is 146 Å². The van der Waals surface area contributed by atoms with E-state index < -0.39 is 119 Å². The molecular weight excluding hydrogens is 1000 g/mol. The Morgan fingerprint density at radius 1 is 0.782 bits per heavy atom. The van der Waals surface area contributed by atoms with Crippen molar-refractivity contribution < 1.29 is 63.0 Å². The van der Waals surface area contributed by atoms with Crippen LogP contribution in [0.5, 0.6) is 0 Å². The van der Waals surface area contributed by atoms with Crippen LogP contribution in [0.15, 0.2) is 75.4 Å². The second-order valence-electron chi connectivity index (χ2n) is 23.1. The molecule has 1 aliphatic carbocycles. The second-order valence-corrected chi connectivity index (χ2v) is 23.1. The first-order valence-electron chi connectivity index (χ1n) is 28.1. The molecule has 0 radical (unpaired) electrons. The second kappa shape index (κ2) is 26.0. The molecule has 78 heavy (non-hydrogen) atoms. The van der Waals surface area contributed by atoms with E-state index in [0.717, 1.165) is 9.47 Å². The number of ketones is 3. The Morgan fingerprint density at radius 3 is 2.17 bits per heavy atom. The Balaban J connectivity index is 1.26. The highest BCUT2D eigenvalue weighted by atomic mass is 16.6. The average molecular weight is 1090 g/mol. The van der Waals surface area contributed by atoms with E-state index in [-0.39, 0.29) is 56.0 Å². The van der Waals surface area contributed by atoms with Crippen molar-refractivity contribution in [1.82, 2.24) is 18.8 Å². The molecule has 5 aliphatic heterocycles. The molecular formula is C59H84N4O15. The molecule has 3 fully saturated rings. The largest absolute Gasteiger partial charge is 0.460 e. The molecule has 6 aliphatic rings. The third kappa shape index (κ3) is 12.9. The summed E-state index contributed by atoms with van der Waals surface area (Å²) in [6.45, 7) is 12.2. The summed E-state index contributed by atoms with van der Waals surface area (Å²) in [5.74, 6) is -9.44. The maximum Gasteiger partial charge on any atom is 0.352 e. The van der Waals surface area contributed by atoms with E-state index in [0.29, 0.717) is 68.2 Å². The highest BCUT2D eigenvalue weighted by molar-refractivity contribution is 6.39. The van der Waals surface area contributed by atoms with Crippen LogP contribution in [-0.2, 0) is 47.7 Å². The van der Waals surface area contributed by atoms with Crippen molar-refractivity contribution in [3.8, 4) is 5.69 Å². The van der Waals surface area contributed by atoms with Gasteiger partial charge in [-0.2, -0.15) is 0 Å². The molecule has 19 nitrogen and oxygen atoms in total. The van der Waals surface area contributed by atoms with Gasteiger partial charge >= 0.3 is 17.3 Å². The highest BCUT2D eigenvalue weighted by Gasteiger charge is 2.53. The van der Waals surface area contributed by atoms with E-state index in [4.69, 9.17) is 23.7 Å². The summed E-state index contributed by atoms with van der Waals surface area (Å²) in [7, 11) is 4.38. The predicted octanol–water partition coefficient (Wildman–Crippen LogP) is 5.53. The Morgan fingerprint density at radius 2 is 1.49 bits per heavy atom. The smallest absolute Gasteiger partial charge is 0.352 e. The number of hydrogen-bond donors (Lipinski definition) is 3. The van der Waals surface area contributed by atoms with Gasteiger partial charge in [-0.1, -0.05) is 77.1 Å². The van der Waals surface area contributed by atoms with Crippen LogP contribution in [0.25, 0.3) is 5.69 Å². The normalized spacial score (nSPS) is 36.5. The van der Waals surface area contributed by atoms with Crippen molar-refractivity contribution in [2.24, 2.45) is 35.5 Å². The Labute approximate surface area is 457 Å². The molecule has 2 aromatic rings. The van der Waals surface area contributed by atoms with Gasteiger partial charge in [-0.25, -0.2) is 28.3 Å². The maximum absolute atomic E-state index is 14.6. The van der Waals surface area contributed by atoms with Gasteiger partial charge in [0.05, 0.1) is 42.2 Å². The molecule has 2 saturated heterocycles. The van der Waals surface area contributed by atoms with E-state index in [9.17, 15) is 48.9 Å². The number of esters is 1. The lowest BCUT2D eigenvalue weighted by molar-refractivity contribution is -0.265. The van der Waals surface area contributed by atoms with Gasteiger partial charge in [0.15, 0.2) is 5.78 Å². The number of aliphatic hydroxyl groups is 3. The summed E-state index contributed by atoms with van der Waals surface area (Å²) in [6, 6.07) is 5.89. The number of allylic oxidation sites excluding steroid dienone is 4. The summed E-state index contributed by atoms with van der Waals surface area (Å²) < 4.78 is 33.8. The van der Waals surface area contributed by atoms with Crippen LogP contribution >= 0.6 is 0 Å². The lowest BCUT2D eigenvalue weighted by atomic mass is 9.78. The Hall–Kier alpha value is -5.15. The fraction of sp³-hybridized carbons (Fsp3) is 0.678. The Bertz CT molecular complexity index is 2690. The van der Waals surface area contributed by atoms with Crippen molar-refractivity contribution in [1.29, 1.82) is 0 Å². The number of carbonyl (C=O) groups excluding carboxylic acids is 5. The van der Waals surface area contributed by atoms with Gasteiger partial charge < -0.3 is 43.9 Å². The van der Waals surface area contributed by atoms with Crippen LogP contribution in [0, 0.1) is 35.5 Å². The number of carbonyl (C=O) groups is 5. The lowest BCUT2D eigenvalue weighted by Crippen LogP contribution is -2.61. The van der Waals surface area contributed by atoms with Crippen molar-refractivity contribution in [3.05, 3.63) is 86.8 Å². The number of aliphatic hydroxyl groups excluding tert-OH is 2. The van der Waals surface area contributed by atoms with Crippen molar-refractivity contribution >= 4 is 29.2 Å². The summed E-state index contributed by atoms with van der Waals surface area (Å²) in [6.07, 6.45) is 5.18. The number of piperidine rings is 1. The number of methoxy groups -OCH3 is 3. The van der Waals surface area contributed by atoms with E-state index >= 15 is 0 Å². The standard InChI is InChI=1S/C59H84N4O15/c1-33-26-37(5)51(66)53(76-10)52(67)38(6)27-34(2)47(65)32-49(35(3)28-40-20-24-46(64)50(30-40)75-9)77-56(70)45-18-14-15-25-60(45)55(69)54(68)59(73)39(7)19-22-43(78-59)31-48(74-8)36(4)29-42-21-23-44(33)63-58(72)61(57(71)62(42)63)41-16-12-11-13-17-41/h11-13,16-17,21,23,27,29,33-35,37,39-40,42-46,48-50,52-53,64,67,73H,14-15,18-20,22,24-26,28,30-32H2,1-10H3/b36-29?,38-27-/t33-,34+,35-,37+,39+,40-,42?,43-,44?,45-,46+,48-,49-,50+,52+,53-,59+/m0/s1. The number of fused-ring (bicyclic) bond motifs is 15. The summed E-state index contributed by atoms with van der Waals surface area (Å²) in [5, 5.41) is 34.5. The van der Waals surface area contributed by atoms with Gasteiger partial charge in [0, 0.05) is 58.5 Å². The molecule has 1 aromatic carbocycles. The molecule has 4 bridgehead atoms. The van der Waals surface area contributed by atoms with Crippen molar-refractivity contribution in [2.75, 3.05) is 27.9 Å². The number of Topliss-reactive ketones (excluding diaryl/α,β-unsaturated/α-hetero) is 3. The molecule has 8 rings (SSSR count). The van der Waals surface area contributed by atoms with Gasteiger partial charge in [-0.15, -0.1) is 0 Å². The predicted molar refractivity (Wildman–Crippen MR) is 288 cm³/mol.